The number of ether oxygens (including phenoxy) is 1. The number of hydrogen-bond donors (Lipinski definition) is 0. The number of hydrogen-bond acceptors (Lipinski definition) is 2. The molecule has 0 saturated heterocycles. The zero-order valence-electron chi connectivity index (χ0n) is 7.25. The number of carbonyl (C=O) groups excluding carboxylic acids is 1. The number of nitrogens with zero attached hydrogens (tertiary/aromatic N) is 1. The van der Waals surface area contributed by atoms with Crippen LogP contribution in [0, 0.1) is 12.5 Å². The second-order valence-electron chi connectivity index (χ2n) is 3.16. The number of methoxy groups -OCH3 is 1. The van der Waals surface area contributed by atoms with Gasteiger partial charge in [-0.05, 0) is 12.8 Å². The molecule has 12 heavy (non-hydrogen) atoms. The predicted molar refractivity (Wildman–Crippen MR) is 44.4 cm³/mol. The van der Waals surface area contributed by atoms with Crippen molar-refractivity contribution in [3.8, 4) is 0 Å². The van der Waals surface area contributed by atoms with Crippen LogP contribution in [0.1, 0.15) is 25.7 Å². The maximum atomic E-state index is 11.1. The molecular weight excluding hydrogens is 154 g/mol. The van der Waals surface area contributed by atoms with Crippen LogP contribution >= 0.6 is 0 Å². The normalized spacial score (nSPS) is 29.0. The Labute approximate surface area is 72.5 Å². The lowest BCUT2D eigenvalue weighted by Gasteiger charge is -2.19. The molecule has 1 aliphatic carbocycles. The van der Waals surface area contributed by atoms with Crippen LogP contribution in [0.2, 0.25) is 0 Å². The Balaban J connectivity index is 2.37. The fourth-order valence-electron chi connectivity index (χ4n) is 1.61. The molecule has 0 aromatic heterocycles. The minimum atomic E-state index is -0.113. The van der Waals surface area contributed by atoms with Crippen molar-refractivity contribution in [2.75, 3.05) is 7.11 Å². The van der Waals surface area contributed by atoms with Gasteiger partial charge >= 0.3 is 5.97 Å². The van der Waals surface area contributed by atoms with Gasteiger partial charge in [-0.3, -0.25) is 4.79 Å². The van der Waals surface area contributed by atoms with E-state index in [1.165, 1.54) is 7.11 Å². The molecule has 0 aliphatic heterocycles. The molecule has 0 bridgehead atoms. The molecule has 3 heteroatoms. The van der Waals surface area contributed by atoms with Gasteiger partial charge in [0.2, 0.25) is 6.04 Å². The number of esters is 1. The smallest absolute Gasteiger partial charge is 0.308 e. The van der Waals surface area contributed by atoms with Gasteiger partial charge < -0.3 is 9.58 Å². The van der Waals surface area contributed by atoms with Crippen molar-refractivity contribution in [1.29, 1.82) is 0 Å². The number of carbonyl (C=O) groups is 1. The van der Waals surface area contributed by atoms with Crippen molar-refractivity contribution in [3.05, 3.63) is 11.4 Å². The van der Waals surface area contributed by atoms with Crippen LogP contribution in [0.15, 0.2) is 0 Å². The van der Waals surface area contributed by atoms with E-state index in [4.69, 9.17) is 6.57 Å². The molecule has 1 saturated carbocycles. The molecule has 0 aromatic carbocycles. The van der Waals surface area contributed by atoms with Crippen LogP contribution < -0.4 is 0 Å². The fourth-order valence-corrected chi connectivity index (χ4v) is 1.61. The highest BCUT2D eigenvalue weighted by molar-refractivity contribution is 5.72. The molecule has 1 fully saturated rings. The summed E-state index contributed by atoms with van der Waals surface area (Å²) in [6, 6.07) is 0.144. The largest absolute Gasteiger partial charge is 0.469 e. The van der Waals surface area contributed by atoms with Crippen LogP contribution in [-0.2, 0) is 9.53 Å². The van der Waals surface area contributed by atoms with Crippen LogP contribution in [0.3, 0.4) is 0 Å². The molecule has 3 nitrogen and oxygen atoms in total. The molecule has 0 spiro atoms. The molecule has 0 aromatic rings. The summed E-state index contributed by atoms with van der Waals surface area (Å²) in [5.41, 5.74) is 0. The topological polar surface area (TPSA) is 30.7 Å². The average Bonchev–Trinajstić information content (AvgIpc) is 2.17. The maximum absolute atomic E-state index is 11.1. The molecule has 0 heterocycles. The van der Waals surface area contributed by atoms with Crippen molar-refractivity contribution < 1.29 is 9.53 Å². The molecule has 0 radical (unpaired) electrons. The summed E-state index contributed by atoms with van der Waals surface area (Å²) in [6.07, 6.45) is 3.34. The van der Waals surface area contributed by atoms with E-state index >= 15 is 0 Å². The van der Waals surface area contributed by atoms with Crippen LogP contribution in [-0.4, -0.2) is 19.1 Å². The minimum absolute atomic E-state index is 0.0491. The third-order valence-electron chi connectivity index (χ3n) is 2.41. The molecule has 0 amide bonds. The van der Waals surface area contributed by atoms with E-state index in [1.807, 2.05) is 0 Å². The summed E-state index contributed by atoms with van der Waals surface area (Å²) in [5, 5.41) is 0. The van der Waals surface area contributed by atoms with Gasteiger partial charge in [-0.2, -0.15) is 0 Å². The van der Waals surface area contributed by atoms with Crippen LogP contribution in [0.4, 0.5) is 0 Å². The Bertz CT molecular complexity index is 199. The fraction of sp³-hybridized carbons (Fsp3) is 0.778. The minimum Gasteiger partial charge on any atom is -0.469 e. The summed E-state index contributed by atoms with van der Waals surface area (Å²) >= 11 is 0. The second-order valence-corrected chi connectivity index (χ2v) is 3.16. The zero-order valence-corrected chi connectivity index (χ0v) is 7.25. The summed E-state index contributed by atoms with van der Waals surface area (Å²) in [6.45, 7) is 6.82. The highest BCUT2D eigenvalue weighted by atomic mass is 16.5. The monoisotopic (exact) mass is 167 g/mol. The molecule has 66 valence electrons. The zero-order chi connectivity index (χ0) is 8.97. The first-order valence-electron chi connectivity index (χ1n) is 4.22. The molecule has 1 rings (SSSR count). The van der Waals surface area contributed by atoms with Gasteiger partial charge in [0, 0.05) is 12.8 Å². The Morgan fingerprint density at radius 1 is 1.42 bits per heavy atom. The highest BCUT2D eigenvalue weighted by Gasteiger charge is 2.29. The van der Waals surface area contributed by atoms with Gasteiger partial charge in [0.25, 0.3) is 0 Å². The standard InChI is InChI=1S/C9H13NO2/c1-10-8-5-3-7(4-6-8)9(11)12-2/h7-8H,3-6H2,2H3/t7-,8-. The Hall–Kier alpha value is -1.04. The highest BCUT2D eigenvalue weighted by Crippen LogP contribution is 2.26. The van der Waals surface area contributed by atoms with E-state index in [-0.39, 0.29) is 17.9 Å². The van der Waals surface area contributed by atoms with Gasteiger partial charge in [-0.25, -0.2) is 6.57 Å². The van der Waals surface area contributed by atoms with E-state index in [0.29, 0.717) is 0 Å². The first-order chi connectivity index (χ1) is 5.77. The number of rotatable bonds is 1. The van der Waals surface area contributed by atoms with Crippen molar-refractivity contribution in [3.63, 3.8) is 0 Å². The lowest BCUT2D eigenvalue weighted by molar-refractivity contribution is -0.146. The van der Waals surface area contributed by atoms with Crippen molar-refractivity contribution in [2.45, 2.75) is 31.7 Å². The first kappa shape index (κ1) is 9.05. The Morgan fingerprint density at radius 3 is 2.42 bits per heavy atom. The van der Waals surface area contributed by atoms with Crippen molar-refractivity contribution in [1.82, 2.24) is 0 Å². The second kappa shape index (κ2) is 4.10. The van der Waals surface area contributed by atoms with Crippen LogP contribution in [0.5, 0.6) is 0 Å². The van der Waals surface area contributed by atoms with E-state index in [1.54, 1.807) is 0 Å². The molecule has 0 atom stereocenters. The van der Waals surface area contributed by atoms with Gasteiger partial charge in [0.05, 0.1) is 13.0 Å². The Kier molecular flexibility index (Phi) is 3.09. The third-order valence-corrected chi connectivity index (χ3v) is 2.41. The summed E-state index contributed by atoms with van der Waals surface area (Å²) < 4.78 is 4.64. The van der Waals surface area contributed by atoms with Gasteiger partial charge in [-0.1, -0.05) is 0 Å². The van der Waals surface area contributed by atoms with E-state index < -0.39 is 0 Å². The third kappa shape index (κ3) is 1.97. The quantitative estimate of drug-likeness (QED) is 0.439. The van der Waals surface area contributed by atoms with E-state index in [2.05, 4.69) is 9.58 Å². The van der Waals surface area contributed by atoms with Gasteiger partial charge in [0.15, 0.2) is 0 Å². The summed E-state index contributed by atoms with van der Waals surface area (Å²) in [5.74, 6) is -0.0635. The first-order valence-corrected chi connectivity index (χ1v) is 4.22. The van der Waals surface area contributed by atoms with Gasteiger partial charge in [-0.15, -0.1) is 0 Å². The van der Waals surface area contributed by atoms with E-state index in [0.717, 1.165) is 25.7 Å². The summed E-state index contributed by atoms with van der Waals surface area (Å²) in [4.78, 5) is 14.5. The molecule has 1 aliphatic rings. The summed E-state index contributed by atoms with van der Waals surface area (Å²) in [7, 11) is 1.42. The lowest BCUT2D eigenvalue weighted by atomic mass is 9.86. The predicted octanol–water partition coefficient (Wildman–Crippen LogP) is 1.64. The van der Waals surface area contributed by atoms with E-state index in [9.17, 15) is 4.79 Å². The molecule has 0 N–H and O–H groups in total. The average molecular weight is 167 g/mol. The van der Waals surface area contributed by atoms with Gasteiger partial charge in [0.1, 0.15) is 0 Å². The maximum Gasteiger partial charge on any atom is 0.308 e. The SMILES string of the molecule is [C-]#[N+][C@H]1CC[C@H](C(=O)OC)CC1. The Morgan fingerprint density at radius 2 is 2.00 bits per heavy atom. The van der Waals surface area contributed by atoms with Crippen molar-refractivity contribution >= 4 is 5.97 Å². The molecule has 0 unspecified atom stereocenters. The molecular formula is C9H13NO2. The lowest BCUT2D eigenvalue weighted by Crippen LogP contribution is -2.23. The van der Waals surface area contributed by atoms with Crippen molar-refractivity contribution in [2.24, 2.45) is 5.92 Å². The van der Waals surface area contributed by atoms with Crippen LogP contribution in [0.25, 0.3) is 4.85 Å².